The molecule has 0 aromatic carbocycles. The lowest BCUT2D eigenvalue weighted by Gasteiger charge is -2.12. The van der Waals surface area contributed by atoms with Gasteiger partial charge in [0.2, 0.25) is 0 Å². The van der Waals surface area contributed by atoms with Crippen molar-refractivity contribution >= 4 is 11.8 Å². The Morgan fingerprint density at radius 3 is 2.71 bits per heavy atom. The normalized spacial score (nSPS) is 24.6. The molecule has 0 fully saturated rings. The number of hydrogen-bond donors (Lipinski definition) is 2. The van der Waals surface area contributed by atoms with Crippen molar-refractivity contribution in [2.45, 2.75) is 32.4 Å². The van der Waals surface area contributed by atoms with Crippen LogP contribution in [0.3, 0.4) is 0 Å². The first-order chi connectivity index (χ1) is 9.95. The quantitative estimate of drug-likeness (QED) is 0.722. The van der Waals surface area contributed by atoms with Gasteiger partial charge in [-0.3, -0.25) is 0 Å². The van der Waals surface area contributed by atoms with Crippen LogP contribution in [-0.4, -0.2) is 19.0 Å². The molecule has 4 heteroatoms. The molecule has 1 atom stereocenters. The average molecular weight is 308 g/mol. The maximum Gasteiger partial charge on any atom is 0.0976 e. The van der Waals surface area contributed by atoms with Gasteiger partial charge in [-0.05, 0) is 38.0 Å². The summed E-state index contributed by atoms with van der Waals surface area (Å²) in [7, 11) is 0. The first kappa shape index (κ1) is 17.6. The van der Waals surface area contributed by atoms with Crippen molar-refractivity contribution in [3.8, 4) is 0 Å². The Kier molecular flexibility index (Phi) is 7.37. The van der Waals surface area contributed by atoms with Crippen LogP contribution in [0, 0.1) is 0 Å². The highest BCUT2D eigenvalue weighted by Crippen LogP contribution is 2.27. The van der Waals surface area contributed by atoms with E-state index in [1.54, 1.807) is 18.7 Å². The van der Waals surface area contributed by atoms with E-state index in [2.05, 4.69) is 36.7 Å². The SMILES string of the molecule is C=C(N)C(=C)/C1=C/C/C=C(CCC(C)F)\C(SC)=C/CN1. The van der Waals surface area contributed by atoms with Gasteiger partial charge in [-0.2, -0.15) is 0 Å². The van der Waals surface area contributed by atoms with E-state index in [-0.39, 0.29) is 0 Å². The van der Waals surface area contributed by atoms with Gasteiger partial charge in [0.1, 0.15) is 0 Å². The third-order valence-electron chi connectivity index (χ3n) is 3.33. The van der Waals surface area contributed by atoms with Crippen molar-refractivity contribution in [1.29, 1.82) is 0 Å². The average Bonchev–Trinajstić information content (AvgIpc) is 2.53. The van der Waals surface area contributed by atoms with Gasteiger partial charge in [-0.1, -0.05) is 31.4 Å². The van der Waals surface area contributed by atoms with Crippen LogP contribution in [0.25, 0.3) is 0 Å². The van der Waals surface area contributed by atoms with E-state index >= 15 is 0 Å². The molecule has 21 heavy (non-hydrogen) atoms. The maximum absolute atomic E-state index is 13.1. The molecular weight excluding hydrogens is 283 g/mol. The molecule has 0 saturated carbocycles. The van der Waals surface area contributed by atoms with Gasteiger partial charge in [-0.25, -0.2) is 4.39 Å². The highest BCUT2D eigenvalue weighted by atomic mass is 32.2. The predicted molar refractivity (Wildman–Crippen MR) is 92.7 cm³/mol. The molecule has 2 nitrogen and oxygen atoms in total. The van der Waals surface area contributed by atoms with E-state index in [0.29, 0.717) is 18.7 Å². The fraction of sp³-hybridized carbons (Fsp3) is 0.412. The summed E-state index contributed by atoms with van der Waals surface area (Å²) >= 11 is 1.70. The van der Waals surface area contributed by atoms with Gasteiger partial charge in [0.05, 0.1) is 6.17 Å². The fourth-order valence-corrected chi connectivity index (χ4v) is 2.77. The molecule has 0 saturated heterocycles. The van der Waals surface area contributed by atoms with Crippen LogP contribution < -0.4 is 11.1 Å². The van der Waals surface area contributed by atoms with Crippen LogP contribution in [0.5, 0.6) is 0 Å². The summed E-state index contributed by atoms with van der Waals surface area (Å²) in [6.07, 6.45) is 9.70. The topological polar surface area (TPSA) is 38.0 Å². The van der Waals surface area contributed by atoms with Crippen molar-refractivity contribution in [2.75, 3.05) is 12.8 Å². The van der Waals surface area contributed by atoms with Gasteiger partial charge in [0, 0.05) is 28.4 Å². The maximum atomic E-state index is 13.1. The largest absolute Gasteiger partial charge is 0.399 e. The van der Waals surface area contributed by atoms with Crippen LogP contribution in [0.1, 0.15) is 26.2 Å². The Morgan fingerprint density at radius 1 is 1.43 bits per heavy atom. The summed E-state index contributed by atoms with van der Waals surface area (Å²) in [6, 6.07) is 0. The monoisotopic (exact) mass is 308 g/mol. The number of allylic oxidation sites excluding steroid dienone is 3. The summed E-state index contributed by atoms with van der Waals surface area (Å²) in [5.41, 5.74) is 9.03. The molecule has 1 rings (SSSR count). The lowest BCUT2D eigenvalue weighted by atomic mass is 10.1. The second-order valence-corrected chi connectivity index (χ2v) is 5.91. The molecular formula is C17H25FN2S. The second-order valence-electron chi connectivity index (χ2n) is 5.06. The summed E-state index contributed by atoms with van der Waals surface area (Å²) in [5, 5.41) is 3.32. The zero-order chi connectivity index (χ0) is 15.8. The number of halogens is 1. The molecule has 0 aromatic heterocycles. The first-order valence-corrected chi connectivity index (χ1v) is 8.33. The summed E-state index contributed by atoms with van der Waals surface area (Å²) in [6.45, 7) is 9.97. The molecule has 0 radical (unpaired) electrons. The van der Waals surface area contributed by atoms with Gasteiger partial charge < -0.3 is 11.1 Å². The van der Waals surface area contributed by atoms with Crippen molar-refractivity contribution in [1.82, 2.24) is 5.32 Å². The van der Waals surface area contributed by atoms with Crippen molar-refractivity contribution in [2.24, 2.45) is 5.73 Å². The lowest BCUT2D eigenvalue weighted by Crippen LogP contribution is -2.17. The lowest BCUT2D eigenvalue weighted by molar-refractivity contribution is 0.342. The third-order valence-corrected chi connectivity index (χ3v) is 4.20. The van der Waals surface area contributed by atoms with E-state index in [1.165, 1.54) is 10.5 Å². The number of thioether (sulfide) groups is 1. The molecule has 1 unspecified atom stereocenters. The molecule has 1 aliphatic rings. The van der Waals surface area contributed by atoms with Gasteiger partial charge in [0.25, 0.3) is 0 Å². The molecule has 0 aromatic rings. The minimum Gasteiger partial charge on any atom is -0.399 e. The van der Waals surface area contributed by atoms with Crippen LogP contribution in [0.15, 0.2) is 58.8 Å². The second kappa shape index (κ2) is 8.78. The molecule has 0 aliphatic carbocycles. The van der Waals surface area contributed by atoms with Crippen molar-refractivity contribution in [3.63, 3.8) is 0 Å². The minimum atomic E-state index is -0.772. The number of alkyl halides is 1. The molecule has 0 spiro atoms. The van der Waals surface area contributed by atoms with E-state index in [1.807, 2.05) is 6.26 Å². The third kappa shape index (κ3) is 5.84. The fourth-order valence-electron chi connectivity index (χ4n) is 2.07. The summed E-state index contributed by atoms with van der Waals surface area (Å²) < 4.78 is 13.1. The number of nitrogens with two attached hydrogens (primary N) is 1. The molecule has 3 N–H and O–H groups in total. The van der Waals surface area contributed by atoms with Gasteiger partial charge in [-0.15, -0.1) is 11.8 Å². The number of rotatable bonds is 6. The standard InChI is InChI=1S/C17H25FN2S/c1-12(18)8-9-15-6-5-7-16(13(2)14(3)19)20-11-10-17(15)21-4/h6-7,10,12,20H,2-3,5,8-9,11,19H2,1,4H3/b15-6-,16-7-,17-10+. The Bertz CT molecular complexity index is 487. The number of hydrogen-bond acceptors (Lipinski definition) is 3. The zero-order valence-corrected chi connectivity index (χ0v) is 13.7. The zero-order valence-electron chi connectivity index (χ0n) is 12.9. The van der Waals surface area contributed by atoms with Gasteiger partial charge >= 0.3 is 0 Å². The Morgan fingerprint density at radius 2 is 2.14 bits per heavy atom. The predicted octanol–water partition coefficient (Wildman–Crippen LogP) is 4.20. The summed E-state index contributed by atoms with van der Waals surface area (Å²) in [5.74, 6) is 0. The Hall–Kier alpha value is -1.42. The first-order valence-electron chi connectivity index (χ1n) is 7.11. The Balaban J connectivity index is 2.92. The molecule has 0 amide bonds. The summed E-state index contributed by atoms with van der Waals surface area (Å²) in [4.78, 5) is 1.20. The van der Waals surface area contributed by atoms with Crippen LogP contribution in [0.2, 0.25) is 0 Å². The van der Waals surface area contributed by atoms with Gasteiger partial charge in [0.15, 0.2) is 0 Å². The highest BCUT2D eigenvalue weighted by molar-refractivity contribution is 8.02. The van der Waals surface area contributed by atoms with Crippen LogP contribution >= 0.6 is 11.8 Å². The van der Waals surface area contributed by atoms with E-state index < -0.39 is 6.17 Å². The molecule has 1 aliphatic heterocycles. The van der Waals surface area contributed by atoms with Crippen LogP contribution in [0.4, 0.5) is 4.39 Å². The number of nitrogens with one attached hydrogen (secondary N) is 1. The smallest absolute Gasteiger partial charge is 0.0976 e. The molecule has 0 bridgehead atoms. The molecule has 1 heterocycles. The van der Waals surface area contributed by atoms with E-state index in [0.717, 1.165) is 24.1 Å². The highest BCUT2D eigenvalue weighted by Gasteiger charge is 2.09. The van der Waals surface area contributed by atoms with Crippen molar-refractivity contribution in [3.05, 3.63) is 58.8 Å². The van der Waals surface area contributed by atoms with E-state index in [4.69, 9.17) is 5.73 Å². The molecule has 116 valence electrons. The minimum absolute atomic E-state index is 0.470. The van der Waals surface area contributed by atoms with Crippen LogP contribution in [-0.2, 0) is 0 Å². The Labute approximate surface area is 131 Å². The van der Waals surface area contributed by atoms with E-state index in [9.17, 15) is 4.39 Å². The van der Waals surface area contributed by atoms with Crippen molar-refractivity contribution < 1.29 is 4.39 Å².